The summed E-state index contributed by atoms with van der Waals surface area (Å²) in [4.78, 5) is 15.5. The maximum atomic E-state index is 14.1. The van der Waals surface area contributed by atoms with Crippen LogP contribution >= 0.6 is 0 Å². The average Bonchev–Trinajstić information content (AvgIpc) is 3.05. The molecule has 0 spiro atoms. The molecule has 0 saturated carbocycles. The highest BCUT2D eigenvalue weighted by atomic mass is 32.2. The van der Waals surface area contributed by atoms with Gasteiger partial charge in [0.1, 0.15) is 6.04 Å². The fourth-order valence-corrected chi connectivity index (χ4v) is 8.22. The minimum atomic E-state index is -4.29. The Hall–Kier alpha value is -4.46. The van der Waals surface area contributed by atoms with Crippen LogP contribution in [-0.2, 0) is 24.8 Å². The van der Waals surface area contributed by atoms with Crippen LogP contribution in [0.1, 0.15) is 18.4 Å². The number of guanidine groups is 1. The van der Waals surface area contributed by atoms with E-state index in [4.69, 9.17) is 11.1 Å². The Morgan fingerprint density at radius 2 is 1.59 bits per heavy atom. The Bertz CT molecular complexity index is 1920. The highest BCUT2D eigenvalue weighted by Crippen LogP contribution is 2.25. The van der Waals surface area contributed by atoms with Crippen LogP contribution in [0.2, 0.25) is 0 Å². The minimum absolute atomic E-state index is 0.00465. The fourth-order valence-electron chi connectivity index (χ4n) is 5.52. The summed E-state index contributed by atoms with van der Waals surface area (Å²) in [5.41, 5.74) is 6.83. The van der Waals surface area contributed by atoms with Gasteiger partial charge in [-0.25, -0.2) is 16.8 Å². The lowest BCUT2D eigenvalue weighted by molar-refractivity contribution is -0.122. The predicted molar refractivity (Wildman–Crippen MR) is 179 cm³/mol. The van der Waals surface area contributed by atoms with Gasteiger partial charge in [-0.1, -0.05) is 66.2 Å². The molecule has 1 fully saturated rings. The molecule has 5 N–H and O–H groups in total. The van der Waals surface area contributed by atoms with Crippen molar-refractivity contribution < 1.29 is 21.6 Å². The Morgan fingerprint density at radius 1 is 0.935 bits per heavy atom. The summed E-state index contributed by atoms with van der Waals surface area (Å²) in [6.45, 7) is 2.66. The van der Waals surface area contributed by atoms with Crippen LogP contribution in [0.15, 0.2) is 107 Å². The van der Waals surface area contributed by atoms with E-state index < -0.39 is 38.5 Å². The lowest BCUT2D eigenvalue weighted by Crippen LogP contribution is -2.55. The van der Waals surface area contributed by atoms with Gasteiger partial charge in [-0.2, -0.15) is 4.72 Å². The number of piperidine rings is 1. The molecule has 1 amide bonds. The second-order valence-corrected chi connectivity index (χ2v) is 15.0. The van der Waals surface area contributed by atoms with Gasteiger partial charge in [-0.3, -0.25) is 14.5 Å². The molecule has 0 aliphatic carbocycles. The summed E-state index contributed by atoms with van der Waals surface area (Å²) in [7, 11) is -8.51. The van der Waals surface area contributed by atoms with E-state index in [9.17, 15) is 21.6 Å². The van der Waals surface area contributed by atoms with Crippen molar-refractivity contribution in [1.82, 2.24) is 14.9 Å². The van der Waals surface area contributed by atoms with Gasteiger partial charge in [0.2, 0.25) is 15.9 Å². The maximum absolute atomic E-state index is 14.1. The molecule has 13 heteroatoms. The first kappa shape index (κ1) is 32.9. The van der Waals surface area contributed by atoms with Crippen LogP contribution in [-0.4, -0.2) is 65.8 Å². The zero-order valence-electron chi connectivity index (χ0n) is 25.5. The first-order valence-electron chi connectivity index (χ1n) is 15.0. The van der Waals surface area contributed by atoms with E-state index in [0.717, 1.165) is 28.1 Å². The van der Waals surface area contributed by atoms with Gasteiger partial charge >= 0.3 is 0 Å². The van der Waals surface area contributed by atoms with Gasteiger partial charge in [0.05, 0.1) is 22.0 Å². The molecule has 4 aromatic carbocycles. The standard InChI is InChI=1S/C33H38N6O5S2/c1-24-13-16-29(17-14-24)46(43,44)39(28-11-3-2-4-12-28)23-31(32(40)36-21-25-8-7-19-38(22-25)33(34)35)37-45(41,42)30-18-15-26-9-5-6-10-27(26)20-30/h2-6,9-18,20,25,31,37H,7-8,19,21-23H2,1H3,(H3,34,35)(H,36,40)/t25-,31+/m0/s1. The van der Waals surface area contributed by atoms with Gasteiger partial charge in [0.15, 0.2) is 5.96 Å². The number of fused-ring (bicyclic) bond motifs is 1. The minimum Gasteiger partial charge on any atom is -0.370 e. The largest absolute Gasteiger partial charge is 0.370 e. The summed E-state index contributed by atoms with van der Waals surface area (Å²) in [5, 5.41) is 12.2. The number of sulfonamides is 2. The number of nitrogens with two attached hydrogens (primary N) is 1. The molecule has 1 heterocycles. The Labute approximate surface area is 270 Å². The smallest absolute Gasteiger partial charge is 0.264 e. The van der Waals surface area contributed by atoms with Gasteiger partial charge in [-0.15, -0.1) is 0 Å². The summed E-state index contributed by atoms with van der Waals surface area (Å²) >= 11 is 0. The van der Waals surface area contributed by atoms with Crippen LogP contribution < -0.4 is 20.1 Å². The van der Waals surface area contributed by atoms with Crippen molar-refractivity contribution in [2.45, 2.75) is 35.6 Å². The number of likely N-dealkylation sites (tertiary alicyclic amines) is 1. The first-order chi connectivity index (χ1) is 21.9. The summed E-state index contributed by atoms with van der Waals surface area (Å²) in [6.07, 6.45) is 1.57. The number of nitrogens with zero attached hydrogens (tertiary/aromatic N) is 2. The third-order valence-corrected chi connectivity index (χ3v) is 11.3. The second-order valence-electron chi connectivity index (χ2n) is 11.5. The van der Waals surface area contributed by atoms with Crippen molar-refractivity contribution >= 4 is 48.4 Å². The van der Waals surface area contributed by atoms with Crippen LogP contribution in [0, 0.1) is 18.3 Å². The topological polar surface area (TPSA) is 166 Å². The number of aryl methyl sites for hydroxylation is 1. The first-order valence-corrected chi connectivity index (χ1v) is 17.9. The SMILES string of the molecule is Cc1ccc(S(=O)(=O)N(C[C@@H](NS(=O)(=O)c2ccc3ccccc3c2)C(=O)NC[C@@H]2CCCN(C(=N)N)C2)c2ccccc2)cc1. The van der Waals surface area contributed by atoms with Crippen molar-refractivity contribution in [3.63, 3.8) is 0 Å². The number of para-hydroxylation sites is 1. The molecule has 0 unspecified atom stereocenters. The number of hydrogen-bond acceptors (Lipinski definition) is 6. The molecule has 1 aliphatic heterocycles. The van der Waals surface area contributed by atoms with Crippen LogP contribution in [0.3, 0.4) is 0 Å². The summed E-state index contributed by atoms with van der Waals surface area (Å²) in [5.74, 6) is -0.748. The number of rotatable bonds is 11. The molecule has 0 radical (unpaired) electrons. The fraction of sp³-hybridized carbons (Fsp3) is 0.273. The zero-order valence-corrected chi connectivity index (χ0v) is 27.1. The van der Waals surface area contributed by atoms with Crippen molar-refractivity contribution in [3.05, 3.63) is 103 Å². The van der Waals surface area contributed by atoms with E-state index in [1.54, 1.807) is 65.6 Å². The Kier molecular flexibility index (Phi) is 9.94. The van der Waals surface area contributed by atoms with Gasteiger partial charge < -0.3 is 16.0 Å². The molecule has 1 saturated heterocycles. The molecular formula is C33H38N6O5S2. The average molecular weight is 663 g/mol. The lowest BCUT2D eigenvalue weighted by Gasteiger charge is -2.33. The van der Waals surface area contributed by atoms with E-state index in [1.165, 1.54) is 24.3 Å². The van der Waals surface area contributed by atoms with Crippen molar-refractivity contribution in [2.75, 3.05) is 30.5 Å². The van der Waals surface area contributed by atoms with Crippen molar-refractivity contribution in [3.8, 4) is 0 Å². The number of hydrogen-bond donors (Lipinski definition) is 4. The highest BCUT2D eigenvalue weighted by molar-refractivity contribution is 7.92. The van der Waals surface area contributed by atoms with Crippen molar-refractivity contribution in [1.29, 1.82) is 5.41 Å². The monoisotopic (exact) mass is 662 g/mol. The number of carbonyl (C=O) groups excluding carboxylic acids is 1. The number of amides is 1. The van der Waals surface area contributed by atoms with Crippen LogP contribution in [0.25, 0.3) is 10.8 Å². The Morgan fingerprint density at radius 3 is 2.28 bits per heavy atom. The number of nitrogens with one attached hydrogen (secondary N) is 3. The third kappa shape index (κ3) is 7.66. The number of carbonyl (C=O) groups is 1. The van der Waals surface area contributed by atoms with E-state index in [1.807, 2.05) is 19.1 Å². The maximum Gasteiger partial charge on any atom is 0.264 e. The molecule has 5 rings (SSSR count). The van der Waals surface area contributed by atoms with E-state index in [-0.39, 0.29) is 33.9 Å². The zero-order chi connectivity index (χ0) is 32.9. The molecule has 242 valence electrons. The number of anilines is 1. The molecule has 46 heavy (non-hydrogen) atoms. The lowest BCUT2D eigenvalue weighted by atomic mass is 9.98. The quantitative estimate of drug-likeness (QED) is 0.141. The number of benzene rings is 4. The van der Waals surface area contributed by atoms with E-state index in [2.05, 4.69) is 10.0 Å². The third-order valence-electron chi connectivity index (χ3n) is 8.07. The molecule has 11 nitrogen and oxygen atoms in total. The van der Waals surface area contributed by atoms with Gasteiger partial charge in [-0.05, 0) is 72.9 Å². The Balaban J connectivity index is 1.48. The van der Waals surface area contributed by atoms with Gasteiger partial charge in [0, 0.05) is 19.6 Å². The molecule has 2 atom stereocenters. The second kappa shape index (κ2) is 13.9. The van der Waals surface area contributed by atoms with E-state index >= 15 is 0 Å². The molecular weight excluding hydrogens is 625 g/mol. The van der Waals surface area contributed by atoms with E-state index in [0.29, 0.717) is 18.5 Å². The normalized spacial score (nSPS) is 16.1. The summed E-state index contributed by atoms with van der Waals surface area (Å²) < 4.78 is 59.3. The van der Waals surface area contributed by atoms with Crippen LogP contribution in [0.5, 0.6) is 0 Å². The summed E-state index contributed by atoms with van der Waals surface area (Å²) in [6, 6.07) is 25.1. The molecule has 1 aliphatic rings. The predicted octanol–water partition coefficient (Wildman–Crippen LogP) is 3.41. The molecule has 4 aromatic rings. The molecule has 0 bridgehead atoms. The highest BCUT2D eigenvalue weighted by Gasteiger charge is 2.34. The molecule has 0 aromatic heterocycles. The van der Waals surface area contributed by atoms with Crippen LogP contribution in [0.4, 0.5) is 5.69 Å². The van der Waals surface area contributed by atoms with Crippen molar-refractivity contribution in [2.24, 2.45) is 11.7 Å². The van der Waals surface area contributed by atoms with Gasteiger partial charge in [0.25, 0.3) is 10.0 Å².